The van der Waals surface area contributed by atoms with Crippen LogP contribution in [0.5, 0.6) is 5.75 Å². The number of halogens is 1. The topological polar surface area (TPSA) is 64.3 Å². The molecule has 1 rings (SSSR count). The highest BCUT2D eigenvalue weighted by Gasteiger charge is 2.18. The maximum atomic E-state index is 13.4. The van der Waals surface area contributed by atoms with Crippen LogP contribution in [0.3, 0.4) is 0 Å². The van der Waals surface area contributed by atoms with Crippen molar-refractivity contribution < 1.29 is 13.9 Å². The minimum absolute atomic E-state index is 0.0105. The summed E-state index contributed by atoms with van der Waals surface area (Å²) in [5.74, 6) is -0.467. The van der Waals surface area contributed by atoms with Gasteiger partial charge in [0.25, 0.3) is 0 Å². The summed E-state index contributed by atoms with van der Waals surface area (Å²) in [6.45, 7) is 3.65. The van der Waals surface area contributed by atoms with Crippen LogP contribution < -0.4 is 15.8 Å². The molecule has 0 aliphatic heterocycles. The summed E-state index contributed by atoms with van der Waals surface area (Å²) in [6.07, 6.45) is 0. The largest absolute Gasteiger partial charge is 0.497 e. The SMILES string of the molecule is COc1ccc(F)c(NC(=O)[C@H](N)C(C)C)c1. The molecule has 1 aromatic rings. The average Bonchev–Trinajstić information content (AvgIpc) is 2.30. The van der Waals surface area contributed by atoms with Gasteiger partial charge in [0.05, 0.1) is 18.8 Å². The van der Waals surface area contributed by atoms with Crippen molar-refractivity contribution in [2.24, 2.45) is 11.7 Å². The van der Waals surface area contributed by atoms with E-state index in [0.717, 1.165) is 0 Å². The number of benzene rings is 1. The van der Waals surface area contributed by atoms with Crippen LogP contribution in [0.4, 0.5) is 10.1 Å². The van der Waals surface area contributed by atoms with Crippen molar-refractivity contribution in [2.75, 3.05) is 12.4 Å². The number of carbonyl (C=O) groups is 1. The van der Waals surface area contributed by atoms with Gasteiger partial charge in [-0.1, -0.05) is 13.8 Å². The molecule has 5 heteroatoms. The fourth-order valence-electron chi connectivity index (χ4n) is 1.25. The number of hydrogen-bond acceptors (Lipinski definition) is 3. The molecule has 0 radical (unpaired) electrons. The number of amides is 1. The molecule has 0 saturated heterocycles. The van der Waals surface area contributed by atoms with Crippen LogP contribution in [-0.4, -0.2) is 19.1 Å². The van der Waals surface area contributed by atoms with E-state index in [-0.39, 0.29) is 11.6 Å². The molecule has 0 heterocycles. The first-order valence-electron chi connectivity index (χ1n) is 5.35. The summed E-state index contributed by atoms with van der Waals surface area (Å²) in [5, 5.41) is 2.45. The number of nitrogens with one attached hydrogen (secondary N) is 1. The third-order valence-corrected chi connectivity index (χ3v) is 2.45. The minimum atomic E-state index is -0.666. The third-order valence-electron chi connectivity index (χ3n) is 2.45. The summed E-state index contributed by atoms with van der Waals surface area (Å²) in [5.41, 5.74) is 5.74. The van der Waals surface area contributed by atoms with Crippen molar-refractivity contribution in [3.8, 4) is 5.75 Å². The third kappa shape index (κ3) is 3.42. The van der Waals surface area contributed by atoms with E-state index in [1.807, 2.05) is 13.8 Å². The molecule has 0 spiro atoms. The van der Waals surface area contributed by atoms with E-state index in [1.165, 1.54) is 25.3 Å². The van der Waals surface area contributed by atoms with E-state index in [2.05, 4.69) is 5.32 Å². The molecule has 1 atom stereocenters. The zero-order valence-corrected chi connectivity index (χ0v) is 10.2. The fraction of sp³-hybridized carbons (Fsp3) is 0.417. The highest BCUT2D eigenvalue weighted by atomic mass is 19.1. The zero-order chi connectivity index (χ0) is 13.0. The van der Waals surface area contributed by atoms with Crippen LogP contribution in [0.15, 0.2) is 18.2 Å². The van der Waals surface area contributed by atoms with Gasteiger partial charge >= 0.3 is 0 Å². The van der Waals surface area contributed by atoms with Gasteiger partial charge in [0, 0.05) is 6.07 Å². The second kappa shape index (κ2) is 5.63. The molecular weight excluding hydrogens is 223 g/mol. The molecule has 94 valence electrons. The molecule has 3 N–H and O–H groups in total. The number of anilines is 1. The van der Waals surface area contributed by atoms with E-state index in [9.17, 15) is 9.18 Å². The first kappa shape index (κ1) is 13.4. The van der Waals surface area contributed by atoms with Crippen molar-refractivity contribution in [1.29, 1.82) is 0 Å². The van der Waals surface area contributed by atoms with Gasteiger partial charge in [0.15, 0.2) is 0 Å². The predicted molar refractivity (Wildman–Crippen MR) is 64.4 cm³/mol. The lowest BCUT2D eigenvalue weighted by Crippen LogP contribution is -2.39. The Kier molecular flexibility index (Phi) is 4.45. The first-order chi connectivity index (χ1) is 7.95. The molecule has 1 amide bonds. The molecule has 4 nitrogen and oxygen atoms in total. The number of rotatable bonds is 4. The second-order valence-electron chi connectivity index (χ2n) is 4.10. The molecule has 0 bridgehead atoms. The Balaban J connectivity index is 2.84. The quantitative estimate of drug-likeness (QED) is 0.842. The van der Waals surface area contributed by atoms with Crippen molar-refractivity contribution in [2.45, 2.75) is 19.9 Å². The molecule has 0 aliphatic rings. The summed E-state index contributed by atoms with van der Waals surface area (Å²) in [4.78, 5) is 11.7. The lowest BCUT2D eigenvalue weighted by molar-refractivity contribution is -0.118. The Hall–Kier alpha value is -1.62. The van der Waals surface area contributed by atoms with Crippen LogP contribution in [-0.2, 0) is 4.79 Å². The van der Waals surface area contributed by atoms with E-state index >= 15 is 0 Å². The van der Waals surface area contributed by atoms with Gasteiger partial charge in [-0.3, -0.25) is 4.79 Å². The number of methoxy groups -OCH3 is 1. The number of ether oxygens (including phenoxy) is 1. The number of hydrogen-bond donors (Lipinski definition) is 2. The summed E-state index contributed by atoms with van der Waals surface area (Å²) < 4.78 is 18.4. The monoisotopic (exact) mass is 240 g/mol. The summed E-state index contributed by atoms with van der Waals surface area (Å²) >= 11 is 0. The van der Waals surface area contributed by atoms with Gasteiger partial charge in [-0.25, -0.2) is 4.39 Å². The van der Waals surface area contributed by atoms with Gasteiger partial charge in [0.1, 0.15) is 11.6 Å². The molecular formula is C12H17FN2O2. The van der Waals surface area contributed by atoms with E-state index in [1.54, 1.807) is 0 Å². The minimum Gasteiger partial charge on any atom is -0.497 e. The Morgan fingerprint density at radius 1 is 1.47 bits per heavy atom. The Morgan fingerprint density at radius 2 is 2.12 bits per heavy atom. The maximum absolute atomic E-state index is 13.4. The van der Waals surface area contributed by atoms with Crippen LogP contribution >= 0.6 is 0 Å². The van der Waals surface area contributed by atoms with Crippen molar-refractivity contribution >= 4 is 11.6 Å². The van der Waals surface area contributed by atoms with Crippen molar-refractivity contribution in [1.82, 2.24) is 0 Å². The van der Waals surface area contributed by atoms with Crippen molar-refractivity contribution in [3.63, 3.8) is 0 Å². The number of carbonyl (C=O) groups excluding carboxylic acids is 1. The van der Waals surface area contributed by atoms with E-state index in [0.29, 0.717) is 5.75 Å². The fourth-order valence-corrected chi connectivity index (χ4v) is 1.25. The van der Waals surface area contributed by atoms with E-state index in [4.69, 9.17) is 10.5 Å². The van der Waals surface area contributed by atoms with Crippen LogP contribution in [0, 0.1) is 11.7 Å². The van der Waals surface area contributed by atoms with Gasteiger partial charge in [-0.05, 0) is 18.1 Å². The normalized spacial score (nSPS) is 12.4. The Labute approximate surface area is 100.0 Å². The average molecular weight is 240 g/mol. The van der Waals surface area contributed by atoms with Crippen molar-refractivity contribution in [3.05, 3.63) is 24.0 Å². The molecule has 0 aromatic heterocycles. The summed E-state index contributed by atoms with van der Waals surface area (Å²) in [7, 11) is 1.47. The second-order valence-corrected chi connectivity index (χ2v) is 4.10. The molecule has 17 heavy (non-hydrogen) atoms. The Bertz CT molecular complexity index is 407. The lowest BCUT2D eigenvalue weighted by atomic mass is 10.0. The van der Waals surface area contributed by atoms with Gasteiger partial charge in [-0.2, -0.15) is 0 Å². The molecule has 0 saturated carbocycles. The number of nitrogens with two attached hydrogens (primary N) is 1. The summed E-state index contributed by atoms with van der Waals surface area (Å²) in [6, 6.07) is 3.46. The molecule has 1 aromatic carbocycles. The van der Waals surface area contributed by atoms with E-state index < -0.39 is 17.8 Å². The maximum Gasteiger partial charge on any atom is 0.241 e. The van der Waals surface area contributed by atoms with Gasteiger partial charge < -0.3 is 15.8 Å². The predicted octanol–water partition coefficient (Wildman–Crippen LogP) is 1.76. The Morgan fingerprint density at radius 3 is 2.65 bits per heavy atom. The lowest BCUT2D eigenvalue weighted by Gasteiger charge is -2.16. The molecule has 0 fully saturated rings. The van der Waals surface area contributed by atoms with Crippen LogP contribution in [0.25, 0.3) is 0 Å². The van der Waals surface area contributed by atoms with Crippen LogP contribution in [0.1, 0.15) is 13.8 Å². The van der Waals surface area contributed by atoms with Crippen LogP contribution in [0.2, 0.25) is 0 Å². The molecule has 0 aliphatic carbocycles. The molecule has 0 unspecified atom stereocenters. The van der Waals surface area contributed by atoms with Gasteiger partial charge in [-0.15, -0.1) is 0 Å². The standard InChI is InChI=1S/C12H17FN2O2/c1-7(2)11(14)12(16)15-10-6-8(17-3)4-5-9(10)13/h4-7,11H,14H2,1-3H3,(H,15,16)/t11-/m1/s1. The highest BCUT2D eigenvalue weighted by Crippen LogP contribution is 2.21. The highest BCUT2D eigenvalue weighted by molar-refractivity contribution is 5.95. The zero-order valence-electron chi connectivity index (χ0n) is 10.2. The first-order valence-corrected chi connectivity index (χ1v) is 5.35. The smallest absolute Gasteiger partial charge is 0.241 e. The van der Waals surface area contributed by atoms with Gasteiger partial charge in [0.2, 0.25) is 5.91 Å².